The number of halogens is 1. The molecule has 0 aliphatic carbocycles. The van der Waals surface area contributed by atoms with Crippen LogP contribution < -0.4 is 4.74 Å². The Morgan fingerprint density at radius 3 is 2.60 bits per heavy atom. The van der Waals surface area contributed by atoms with Crippen molar-refractivity contribution in [1.82, 2.24) is 9.55 Å². The Bertz CT molecular complexity index is 581. The summed E-state index contributed by atoms with van der Waals surface area (Å²) in [5, 5.41) is 0. The number of aromatic nitrogens is 2. The fourth-order valence-corrected chi connectivity index (χ4v) is 2.69. The van der Waals surface area contributed by atoms with Crippen molar-refractivity contribution >= 4 is 22.6 Å². The molecule has 5 heteroatoms. The Hall–Kier alpha value is -1.26. The standard InChI is InChI=1S/C15H21ClN2O2/c1-10(2)12(9-19-3)18-11-6-5-7-13(20-4)15(11)17-14(18)8-16/h5-7,10,12H,8-9H2,1-4H3. The van der Waals surface area contributed by atoms with Crippen molar-refractivity contribution < 1.29 is 9.47 Å². The Morgan fingerprint density at radius 2 is 2.05 bits per heavy atom. The maximum atomic E-state index is 6.08. The summed E-state index contributed by atoms with van der Waals surface area (Å²) in [5.41, 5.74) is 1.89. The molecule has 0 bridgehead atoms. The van der Waals surface area contributed by atoms with Crippen LogP contribution in [0.15, 0.2) is 18.2 Å². The molecular weight excluding hydrogens is 276 g/mol. The molecule has 1 aromatic carbocycles. The number of para-hydroxylation sites is 1. The van der Waals surface area contributed by atoms with E-state index < -0.39 is 0 Å². The summed E-state index contributed by atoms with van der Waals surface area (Å²) < 4.78 is 12.9. The van der Waals surface area contributed by atoms with Crippen LogP contribution in [-0.2, 0) is 10.6 Å². The lowest BCUT2D eigenvalue weighted by molar-refractivity contribution is 0.134. The van der Waals surface area contributed by atoms with E-state index in [1.54, 1.807) is 14.2 Å². The molecule has 20 heavy (non-hydrogen) atoms. The van der Waals surface area contributed by atoms with Gasteiger partial charge in [0.15, 0.2) is 0 Å². The maximum absolute atomic E-state index is 6.08. The third-order valence-electron chi connectivity index (χ3n) is 3.53. The van der Waals surface area contributed by atoms with Gasteiger partial charge in [0.1, 0.15) is 17.1 Å². The molecule has 0 aliphatic heterocycles. The number of imidazole rings is 1. The fourth-order valence-electron chi connectivity index (χ4n) is 2.50. The van der Waals surface area contributed by atoms with Crippen LogP contribution in [0.2, 0.25) is 0 Å². The van der Waals surface area contributed by atoms with E-state index in [4.69, 9.17) is 21.1 Å². The lowest BCUT2D eigenvalue weighted by atomic mass is 10.0. The van der Waals surface area contributed by atoms with Crippen LogP contribution >= 0.6 is 11.6 Å². The van der Waals surface area contributed by atoms with E-state index in [-0.39, 0.29) is 6.04 Å². The molecule has 1 heterocycles. The van der Waals surface area contributed by atoms with Crippen molar-refractivity contribution in [1.29, 1.82) is 0 Å². The van der Waals surface area contributed by atoms with Gasteiger partial charge in [0, 0.05) is 7.11 Å². The highest BCUT2D eigenvalue weighted by molar-refractivity contribution is 6.16. The lowest BCUT2D eigenvalue weighted by Crippen LogP contribution is -2.21. The van der Waals surface area contributed by atoms with Gasteiger partial charge < -0.3 is 14.0 Å². The highest BCUT2D eigenvalue weighted by atomic mass is 35.5. The minimum Gasteiger partial charge on any atom is -0.494 e. The van der Waals surface area contributed by atoms with Crippen molar-refractivity contribution in [3.05, 3.63) is 24.0 Å². The highest BCUT2D eigenvalue weighted by Gasteiger charge is 2.22. The second-order valence-corrected chi connectivity index (χ2v) is 5.39. The van der Waals surface area contributed by atoms with Crippen LogP contribution in [0.3, 0.4) is 0 Å². The second-order valence-electron chi connectivity index (χ2n) is 5.13. The Kier molecular flexibility index (Phi) is 4.89. The minimum absolute atomic E-state index is 0.200. The SMILES string of the molecule is COCC(C(C)C)n1c(CCl)nc2c(OC)cccc21. The van der Waals surface area contributed by atoms with E-state index in [1.807, 2.05) is 18.2 Å². The fraction of sp³-hybridized carbons (Fsp3) is 0.533. The first kappa shape index (κ1) is 15.1. The van der Waals surface area contributed by atoms with Gasteiger partial charge in [-0.05, 0) is 18.1 Å². The number of hydrogen-bond donors (Lipinski definition) is 0. The molecule has 0 N–H and O–H groups in total. The molecule has 1 unspecified atom stereocenters. The summed E-state index contributed by atoms with van der Waals surface area (Å²) >= 11 is 6.08. The number of rotatable bonds is 6. The van der Waals surface area contributed by atoms with Crippen LogP contribution in [0, 0.1) is 5.92 Å². The molecule has 4 nitrogen and oxygen atoms in total. The number of fused-ring (bicyclic) bond motifs is 1. The van der Waals surface area contributed by atoms with Gasteiger partial charge in [-0.3, -0.25) is 0 Å². The quantitative estimate of drug-likeness (QED) is 0.764. The number of alkyl halides is 1. The molecule has 0 spiro atoms. The van der Waals surface area contributed by atoms with Crippen molar-refractivity contribution in [2.45, 2.75) is 25.8 Å². The van der Waals surface area contributed by atoms with Crippen molar-refractivity contribution in [3.63, 3.8) is 0 Å². The summed E-state index contributed by atoms with van der Waals surface area (Å²) in [5.74, 6) is 2.40. The molecule has 0 fully saturated rings. The van der Waals surface area contributed by atoms with Gasteiger partial charge in [-0.25, -0.2) is 4.98 Å². The molecule has 2 rings (SSSR count). The van der Waals surface area contributed by atoms with E-state index in [9.17, 15) is 0 Å². The Labute approximate surface area is 124 Å². The van der Waals surface area contributed by atoms with Crippen LogP contribution in [-0.4, -0.2) is 30.4 Å². The van der Waals surface area contributed by atoms with Gasteiger partial charge in [-0.1, -0.05) is 19.9 Å². The zero-order chi connectivity index (χ0) is 14.7. The highest BCUT2D eigenvalue weighted by Crippen LogP contribution is 2.31. The predicted molar refractivity (Wildman–Crippen MR) is 81.6 cm³/mol. The van der Waals surface area contributed by atoms with Gasteiger partial charge in [0.25, 0.3) is 0 Å². The normalized spacial score (nSPS) is 13.1. The molecule has 1 atom stereocenters. The summed E-state index contributed by atoms with van der Waals surface area (Å²) in [6, 6.07) is 6.14. The van der Waals surface area contributed by atoms with E-state index in [0.717, 1.165) is 22.6 Å². The number of ether oxygens (including phenoxy) is 2. The number of hydrogen-bond acceptors (Lipinski definition) is 3. The molecule has 0 amide bonds. The Balaban J connectivity index is 2.66. The first-order valence-corrected chi connectivity index (χ1v) is 7.26. The molecule has 110 valence electrons. The average molecular weight is 297 g/mol. The van der Waals surface area contributed by atoms with Gasteiger partial charge in [-0.2, -0.15) is 0 Å². The van der Waals surface area contributed by atoms with Gasteiger partial charge in [-0.15, -0.1) is 11.6 Å². The lowest BCUT2D eigenvalue weighted by Gasteiger charge is -2.24. The summed E-state index contributed by atoms with van der Waals surface area (Å²) in [4.78, 5) is 4.64. The largest absolute Gasteiger partial charge is 0.494 e. The van der Waals surface area contributed by atoms with Gasteiger partial charge in [0.05, 0.1) is 31.2 Å². The molecule has 0 aliphatic rings. The van der Waals surface area contributed by atoms with Crippen molar-refractivity contribution in [3.8, 4) is 5.75 Å². The maximum Gasteiger partial charge on any atom is 0.146 e. The van der Waals surface area contributed by atoms with E-state index in [0.29, 0.717) is 18.4 Å². The Morgan fingerprint density at radius 1 is 1.30 bits per heavy atom. The van der Waals surface area contributed by atoms with E-state index in [1.165, 1.54) is 0 Å². The molecule has 2 aromatic rings. The van der Waals surface area contributed by atoms with Gasteiger partial charge in [0.2, 0.25) is 0 Å². The minimum atomic E-state index is 0.200. The van der Waals surface area contributed by atoms with Crippen LogP contribution in [0.1, 0.15) is 25.7 Å². The van der Waals surface area contributed by atoms with Crippen LogP contribution in [0.4, 0.5) is 0 Å². The predicted octanol–water partition coefficient (Wildman–Crippen LogP) is 3.63. The third kappa shape index (κ3) is 2.63. The number of methoxy groups -OCH3 is 2. The van der Waals surface area contributed by atoms with Crippen molar-refractivity contribution in [2.75, 3.05) is 20.8 Å². The average Bonchev–Trinajstić information content (AvgIpc) is 2.82. The molecular formula is C15H21ClN2O2. The first-order chi connectivity index (χ1) is 9.63. The number of nitrogens with zero attached hydrogens (tertiary/aromatic N) is 2. The van der Waals surface area contributed by atoms with Gasteiger partial charge >= 0.3 is 0 Å². The topological polar surface area (TPSA) is 36.3 Å². The van der Waals surface area contributed by atoms with E-state index in [2.05, 4.69) is 23.4 Å². The number of benzene rings is 1. The molecule has 0 radical (unpaired) electrons. The molecule has 1 aromatic heterocycles. The van der Waals surface area contributed by atoms with E-state index >= 15 is 0 Å². The summed E-state index contributed by atoms with van der Waals surface area (Å²) in [6.45, 7) is 4.98. The van der Waals surface area contributed by atoms with Crippen LogP contribution in [0.25, 0.3) is 11.0 Å². The van der Waals surface area contributed by atoms with Crippen molar-refractivity contribution in [2.24, 2.45) is 5.92 Å². The molecule has 0 saturated carbocycles. The zero-order valence-electron chi connectivity index (χ0n) is 12.4. The first-order valence-electron chi connectivity index (χ1n) is 6.72. The van der Waals surface area contributed by atoms with Crippen LogP contribution in [0.5, 0.6) is 5.75 Å². The monoisotopic (exact) mass is 296 g/mol. The second kappa shape index (κ2) is 6.46. The summed E-state index contributed by atoms with van der Waals surface area (Å²) in [6.07, 6.45) is 0. The smallest absolute Gasteiger partial charge is 0.146 e. The molecule has 0 saturated heterocycles. The summed E-state index contributed by atoms with van der Waals surface area (Å²) in [7, 11) is 3.37. The third-order valence-corrected chi connectivity index (χ3v) is 3.77. The zero-order valence-corrected chi connectivity index (χ0v) is 13.1.